The van der Waals surface area contributed by atoms with Crippen LogP contribution in [0, 0.1) is 0 Å². The average molecular weight is 421 g/mol. The van der Waals surface area contributed by atoms with Gasteiger partial charge in [-0.1, -0.05) is 30.3 Å². The fourth-order valence-electron chi connectivity index (χ4n) is 2.30. The topological polar surface area (TPSA) is 108 Å². The largest absolute Gasteiger partial charge is 0.467 e. The molecule has 0 aliphatic carbocycles. The predicted octanol–water partition coefficient (Wildman–Crippen LogP) is 3.19. The van der Waals surface area contributed by atoms with Crippen LogP contribution in [0.3, 0.4) is 0 Å². The monoisotopic (exact) mass is 421 g/mol. The highest BCUT2D eigenvalue weighted by Gasteiger charge is 2.27. The van der Waals surface area contributed by atoms with Crippen molar-refractivity contribution in [1.29, 1.82) is 0 Å². The number of methoxy groups -OCH3 is 1. The maximum Gasteiger partial charge on any atom is 0.408 e. The molecule has 0 spiro atoms. The van der Waals surface area contributed by atoms with Gasteiger partial charge >= 0.3 is 22.2 Å². The summed E-state index contributed by atoms with van der Waals surface area (Å²) in [4.78, 5) is 24.1. The highest BCUT2D eigenvalue weighted by molar-refractivity contribution is 7.87. The van der Waals surface area contributed by atoms with E-state index < -0.39 is 33.8 Å². The fraction of sp³-hybridized carbons (Fsp3) is 0.300. The van der Waals surface area contributed by atoms with Gasteiger partial charge in [0.05, 0.1) is 7.11 Å². The van der Waals surface area contributed by atoms with Crippen LogP contribution in [0.15, 0.2) is 59.5 Å². The van der Waals surface area contributed by atoms with E-state index in [0.29, 0.717) is 5.56 Å². The van der Waals surface area contributed by atoms with Crippen molar-refractivity contribution in [3.05, 3.63) is 60.2 Å². The lowest BCUT2D eigenvalue weighted by molar-refractivity contribution is -0.143. The van der Waals surface area contributed by atoms with E-state index in [4.69, 9.17) is 13.7 Å². The molecule has 1 unspecified atom stereocenters. The summed E-state index contributed by atoms with van der Waals surface area (Å²) in [6, 6.07) is 12.2. The highest BCUT2D eigenvalue weighted by Crippen LogP contribution is 2.23. The van der Waals surface area contributed by atoms with Crippen LogP contribution >= 0.6 is 0 Å². The summed E-state index contributed by atoms with van der Waals surface area (Å²) < 4.78 is 39.6. The zero-order chi connectivity index (χ0) is 21.7. The molecule has 156 valence electrons. The summed E-state index contributed by atoms with van der Waals surface area (Å²) in [6.07, 6.45) is -0.792. The van der Waals surface area contributed by atoms with Crippen molar-refractivity contribution in [2.45, 2.75) is 37.3 Å². The summed E-state index contributed by atoms with van der Waals surface area (Å²) in [5.74, 6) is -0.653. The minimum atomic E-state index is -3.99. The number of carbonyl (C=O) groups is 2. The van der Waals surface area contributed by atoms with E-state index in [0.717, 1.165) is 0 Å². The van der Waals surface area contributed by atoms with Crippen LogP contribution in [0.25, 0.3) is 0 Å². The first-order valence-electron chi connectivity index (χ1n) is 8.69. The molecule has 1 amide bonds. The van der Waals surface area contributed by atoms with E-state index in [-0.39, 0.29) is 10.6 Å². The summed E-state index contributed by atoms with van der Waals surface area (Å²) >= 11 is 0. The Kier molecular flexibility index (Phi) is 6.86. The molecule has 0 aliphatic heterocycles. The quantitative estimate of drug-likeness (QED) is 0.564. The van der Waals surface area contributed by atoms with E-state index in [1.165, 1.54) is 43.5 Å². The van der Waals surface area contributed by atoms with Gasteiger partial charge in [0.25, 0.3) is 0 Å². The number of ether oxygens (including phenoxy) is 2. The first-order chi connectivity index (χ1) is 13.5. The lowest BCUT2D eigenvalue weighted by Crippen LogP contribution is -2.38. The number of hydrogen-bond donors (Lipinski definition) is 1. The Hall–Kier alpha value is -3.07. The Morgan fingerprint density at radius 3 is 2.07 bits per heavy atom. The van der Waals surface area contributed by atoms with Crippen LogP contribution < -0.4 is 9.50 Å². The molecule has 2 aromatic rings. The second-order valence-electron chi connectivity index (χ2n) is 7.02. The van der Waals surface area contributed by atoms with Gasteiger partial charge in [-0.2, -0.15) is 8.42 Å². The molecule has 1 N–H and O–H groups in total. The van der Waals surface area contributed by atoms with Crippen LogP contribution in [0.1, 0.15) is 32.4 Å². The third-order valence-electron chi connectivity index (χ3n) is 3.55. The van der Waals surface area contributed by atoms with Crippen LogP contribution in [-0.4, -0.2) is 33.2 Å². The Morgan fingerprint density at radius 1 is 0.966 bits per heavy atom. The Balaban J connectivity index is 2.18. The number of hydrogen-bond acceptors (Lipinski definition) is 7. The van der Waals surface area contributed by atoms with Crippen molar-refractivity contribution in [2.24, 2.45) is 0 Å². The third-order valence-corrected chi connectivity index (χ3v) is 4.81. The van der Waals surface area contributed by atoms with Gasteiger partial charge in [-0.05, 0) is 50.6 Å². The minimum absolute atomic E-state index is 0.0168. The van der Waals surface area contributed by atoms with Crippen LogP contribution in [0.2, 0.25) is 0 Å². The number of carbonyl (C=O) groups excluding carboxylic acids is 2. The molecule has 1 atom stereocenters. The maximum atomic E-state index is 12.3. The summed E-state index contributed by atoms with van der Waals surface area (Å²) in [7, 11) is -2.80. The van der Waals surface area contributed by atoms with Crippen molar-refractivity contribution < 1.29 is 31.7 Å². The van der Waals surface area contributed by atoms with Crippen molar-refractivity contribution in [3.63, 3.8) is 0 Å². The lowest BCUT2D eigenvalue weighted by atomic mass is 10.1. The van der Waals surface area contributed by atoms with Gasteiger partial charge in [0.2, 0.25) is 0 Å². The number of benzene rings is 2. The zero-order valence-corrected chi connectivity index (χ0v) is 17.4. The van der Waals surface area contributed by atoms with Gasteiger partial charge in [-0.3, -0.25) is 0 Å². The molecule has 0 radical (unpaired) electrons. The SMILES string of the molecule is COC(=O)C(NC(=O)OC(C)(C)C)c1ccc(OS(=O)(=O)c2ccccc2)cc1. The fourth-order valence-corrected chi connectivity index (χ4v) is 3.25. The zero-order valence-electron chi connectivity index (χ0n) is 16.5. The molecule has 0 heterocycles. The van der Waals surface area contributed by atoms with E-state index in [2.05, 4.69) is 5.32 Å². The van der Waals surface area contributed by atoms with E-state index in [1.54, 1.807) is 39.0 Å². The van der Waals surface area contributed by atoms with Crippen molar-refractivity contribution in [3.8, 4) is 5.75 Å². The Labute approximate surface area is 169 Å². The Bertz CT molecular complexity index is 949. The van der Waals surface area contributed by atoms with Gasteiger partial charge in [0.15, 0.2) is 6.04 Å². The summed E-state index contributed by atoms with van der Waals surface area (Å²) in [6.45, 7) is 5.08. The van der Waals surface area contributed by atoms with E-state index >= 15 is 0 Å². The maximum absolute atomic E-state index is 12.3. The molecular formula is C20H23NO7S. The van der Waals surface area contributed by atoms with Crippen LogP contribution in [-0.2, 0) is 24.4 Å². The smallest absolute Gasteiger partial charge is 0.408 e. The predicted molar refractivity (Wildman–Crippen MR) is 105 cm³/mol. The second-order valence-corrected chi connectivity index (χ2v) is 8.57. The Morgan fingerprint density at radius 2 is 1.55 bits per heavy atom. The van der Waals surface area contributed by atoms with Gasteiger partial charge < -0.3 is 19.0 Å². The number of nitrogens with one attached hydrogen (secondary N) is 1. The van der Waals surface area contributed by atoms with E-state index in [1.807, 2.05) is 0 Å². The molecule has 0 aliphatic rings. The molecule has 0 saturated heterocycles. The molecule has 9 heteroatoms. The third kappa shape index (κ3) is 6.49. The first kappa shape index (κ1) is 22.2. The minimum Gasteiger partial charge on any atom is -0.467 e. The summed E-state index contributed by atoms with van der Waals surface area (Å²) in [5.41, 5.74) is -0.374. The molecule has 8 nitrogen and oxygen atoms in total. The lowest BCUT2D eigenvalue weighted by Gasteiger charge is -2.22. The number of alkyl carbamates (subject to hydrolysis) is 1. The molecule has 0 fully saturated rings. The molecular weight excluding hydrogens is 398 g/mol. The van der Waals surface area contributed by atoms with Crippen molar-refractivity contribution in [2.75, 3.05) is 7.11 Å². The standard InChI is InChI=1S/C20H23NO7S/c1-20(2,3)27-19(23)21-17(18(22)26-4)14-10-12-15(13-11-14)28-29(24,25)16-8-6-5-7-9-16/h5-13,17H,1-4H3,(H,21,23). The van der Waals surface area contributed by atoms with Crippen molar-refractivity contribution in [1.82, 2.24) is 5.32 Å². The molecule has 2 aromatic carbocycles. The summed E-state index contributed by atoms with van der Waals surface area (Å²) in [5, 5.41) is 2.44. The molecule has 0 bridgehead atoms. The molecule has 29 heavy (non-hydrogen) atoms. The van der Waals surface area contributed by atoms with Crippen LogP contribution in [0.5, 0.6) is 5.75 Å². The normalized spacial score (nSPS) is 12.6. The highest BCUT2D eigenvalue weighted by atomic mass is 32.2. The van der Waals surface area contributed by atoms with Gasteiger partial charge in [0.1, 0.15) is 16.2 Å². The van der Waals surface area contributed by atoms with Gasteiger partial charge in [-0.15, -0.1) is 0 Å². The van der Waals surface area contributed by atoms with E-state index in [9.17, 15) is 18.0 Å². The second kappa shape index (κ2) is 8.95. The van der Waals surface area contributed by atoms with Crippen molar-refractivity contribution >= 4 is 22.2 Å². The molecule has 0 saturated carbocycles. The number of amides is 1. The molecule has 0 aromatic heterocycles. The number of rotatable bonds is 6. The molecule has 2 rings (SSSR count). The van der Waals surface area contributed by atoms with Gasteiger partial charge in [0, 0.05) is 0 Å². The first-order valence-corrected chi connectivity index (χ1v) is 10.1. The number of esters is 1. The van der Waals surface area contributed by atoms with Crippen LogP contribution in [0.4, 0.5) is 4.79 Å². The average Bonchev–Trinajstić information content (AvgIpc) is 2.65. The van der Waals surface area contributed by atoms with Gasteiger partial charge in [-0.25, -0.2) is 9.59 Å².